The smallest absolute Gasteiger partial charge is 0.418 e. The predicted octanol–water partition coefficient (Wildman–Crippen LogP) is 6.61. The molecule has 0 aliphatic heterocycles. The second-order valence-corrected chi connectivity index (χ2v) is 10.2. The summed E-state index contributed by atoms with van der Waals surface area (Å²) in [5.41, 5.74) is -1.30. The Balaban J connectivity index is 1.78. The van der Waals surface area contributed by atoms with E-state index in [1.807, 2.05) is 0 Å². The molecule has 2 aromatic carbocycles. The fraction of sp³-hybridized carbons (Fsp3) is 0.379. The van der Waals surface area contributed by atoms with Gasteiger partial charge in [-0.2, -0.15) is 13.2 Å². The van der Waals surface area contributed by atoms with Crippen LogP contribution in [-0.4, -0.2) is 34.0 Å². The summed E-state index contributed by atoms with van der Waals surface area (Å²) < 4.78 is 52.4. The quantitative estimate of drug-likeness (QED) is 0.281. The Hall–Kier alpha value is -3.79. The van der Waals surface area contributed by atoms with Crippen LogP contribution in [0.2, 0.25) is 0 Å². The van der Waals surface area contributed by atoms with Crippen LogP contribution >= 0.6 is 0 Å². The van der Waals surface area contributed by atoms with Gasteiger partial charge in [-0.15, -0.1) is 0 Å². The van der Waals surface area contributed by atoms with Gasteiger partial charge in [0.05, 0.1) is 24.3 Å². The van der Waals surface area contributed by atoms with E-state index in [-0.39, 0.29) is 31.2 Å². The Kier molecular flexibility index (Phi) is 9.11. The van der Waals surface area contributed by atoms with Crippen molar-refractivity contribution in [3.05, 3.63) is 82.8 Å². The number of anilines is 1. The third-order valence-electron chi connectivity index (χ3n) is 6.05. The lowest BCUT2D eigenvalue weighted by atomic mass is 9.99. The average molecular weight is 547 g/mol. The second-order valence-electron chi connectivity index (χ2n) is 10.2. The topological polar surface area (TPSA) is 92.0 Å². The van der Waals surface area contributed by atoms with Crippen LogP contribution in [0.1, 0.15) is 61.8 Å². The van der Waals surface area contributed by atoms with E-state index in [4.69, 9.17) is 9.15 Å². The summed E-state index contributed by atoms with van der Waals surface area (Å²) >= 11 is 0. The lowest BCUT2D eigenvalue weighted by molar-refractivity contribution is -0.152. The molecule has 0 spiro atoms. The number of nitrogens with one attached hydrogen (secondary N) is 1. The van der Waals surface area contributed by atoms with Gasteiger partial charge >= 0.3 is 12.1 Å². The minimum atomic E-state index is -4.63. The number of hydrogen-bond acceptors (Lipinski definition) is 5. The van der Waals surface area contributed by atoms with Crippen molar-refractivity contribution in [3.8, 4) is 5.75 Å². The van der Waals surface area contributed by atoms with Crippen LogP contribution in [0.15, 0.2) is 59.0 Å². The zero-order chi connectivity index (χ0) is 29.0. The minimum Gasteiger partial charge on any atom is -0.478 e. The first-order chi connectivity index (χ1) is 18.1. The number of furan rings is 1. The monoisotopic (exact) mass is 546 g/mol. The molecule has 0 radical (unpaired) electrons. The number of rotatable bonds is 11. The van der Waals surface area contributed by atoms with Gasteiger partial charge in [-0.1, -0.05) is 32.0 Å². The Morgan fingerprint density at radius 1 is 1.03 bits per heavy atom. The Morgan fingerprint density at radius 2 is 1.69 bits per heavy atom. The summed E-state index contributed by atoms with van der Waals surface area (Å²) in [6, 6.07) is 14.2. The largest absolute Gasteiger partial charge is 0.478 e. The van der Waals surface area contributed by atoms with Gasteiger partial charge in [0.15, 0.2) is 5.60 Å². The summed E-state index contributed by atoms with van der Waals surface area (Å²) in [5.74, 6) is -0.163. The normalized spacial score (nSPS) is 12.2. The maximum absolute atomic E-state index is 13.7. The van der Waals surface area contributed by atoms with Crippen molar-refractivity contribution in [1.29, 1.82) is 0 Å². The third kappa shape index (κ3) is 8.35. The van der Waals surface area contributed by atoms with Crippen molar-refractivity contribution in [2.24, 2.45) is 0 Å². The highest BCUT2D eigenvalue weighted by Crippen LogP contribution is 2.36. The molecule has 0 atom stereocenters. The van der Waals surface area contributed by atoms with Gasteiger partial charge in [0.2, 0.25) is 5.91 Å². The number of benzene rings is 2. The van der Waals surface area contributed by atoms with Crippen LogP contribution < -0.4 is 10.1 Å². The minimum absolute atomic E-state index is 0.102. The number of aliphatic carboxylic acids is 1. The number of ether oxygens (including phenoxy) is 1. The molecule has 1 heterocycles. The van der Waals surface area contributed by atoms with Gasteiger partial charge in [-0.3, -0.25) is 9.69 Å². The molecule has 2 N–H and O–H groups in total. The highest BCUT2D eigenvalue weighted by Gasteiger charge is 2.34. The number of halogens is 3. The number of nitrogens with zero attached hydrogens (tertiary/aromatic N) is 1. The van der Waals surface area contributed by atoms with E-state index in [1.54, 1.807) is 68.1 Å². The first-order valence-electron chi connectivity index (χ1n) is 12.4. The van der Waals surface area contributed by atoms with Crippen LogP contribution in [0, 0.1) is 6.92 Å². The van der Waals surface area contributed by atoms with Gasteiger partial charge in [0, 0.05) is 6.54 Å². The lowest BCUT2D eigenvalue weighted by Gasteiger charge is -2.23. The maximum Gasteiger partial charge on any atom is 0.418 e. The number of carboxylic acids is 1. The van der Waals surface area contributed by atoms with Crippen molar-refractivity contribution in [1.82, 2.24) is 4.90 Å². The van der Waals surface area contributed by atoms with Crippen molar-refractivity contribution in [2.45, 2.75) is 65.4 Å². The summed E-state index contributed by atoms with van der Waals surface area (Å²) in [7, 11) is 0. The van der Waals surface area contributed by atoms with Gasteiger partial charge in [0.25, 0.3) is 0 Å². The van der Waals surface area contributed by atoms with E-state index in [0.717, 1.165) is 11.6 Å². The lowest BCUT2D eigenvalue weighted by Crippen LogP contribution is -2.37. The zero-order valence-electron chi connectivity index (χ0n) is 22.6. The summed E-state index contributed by atoms with van der Waals surface area (Å²) in [6.07, 6.45) is -4.63. The fourth-order valence-electron chi connectivity index (χ4n) is 3.87. The van der Waals surface area contributed by atoms with Gasteiger partial charge < -0.3 is 19.6 Å². The molecular weight excluding hydrogens is 513 g/mol. The second kappa shape index (κ2) is 11.9. The van der Waals surface area contributed by atoms with Crippen LogP contribution in [0.3, 0.4) is 0 Å². The number of carbonyl (C=O) groups excluding carboxylic acids is 1. The molecule has 3 aromatic rings. The molecule has 0 aliphatic carbocycles. The molecule has 3 rings (SSSR count). The first kappa shape index (κ1) is 29.8. The molecule has 0 unspecified atom stereocenters. The summed E-state index contributed by atoms with van der Waals surface area (Å²) in [6.45, 7) is 8.58. The molecular formula is C29H33F3N2O5. The Morgan fingerprint density at radius 3 is 2.23 bits per heavy atom. The number of carbonyl (C=O) groups is 2. The molecule has 39 heavy (non-hydrogen) atoms. The number of hydrogen-bond donors (Lipinski definition) is 2. The van der Waals surface area contributed by atoms with E-state index in [2.05, 4.69) is 5.32 Å². The summed E-state index contributed by atoms with van der Waals surface area (Å²) in [4.78, 5) is 26.0. The average Bonchev–Trinajstić information content (AvgIpc) is 3.23. The molecule has 10 heteroatoms. The number of alkyl halides is 3. The molecule has 7 nitrogen and oxygen atoms in total. The maximum atomic E-state index is 13.7. The van der Waals surface area contributed by atoms with E-state index in [9.17, 15) is 27.9 Å². The van der Waals surface area contributed by atoms with Crippen LogP contribution in [0.5, 0.6) is 5.75 Å². The van der Waals surface area contributed by atoms with Crippen LogP contribution in [0.4, 0.5) is 18.9 Å². The molecule has 0 aliphatic rings. The van der Waals surface area contributed by atoms with Crippen LogP contribution in [0.25, 0.3) is 0 Å². The van der Waals surface area contributed by atoms with Crippen molar-refractivity contribution < 1.29 is 37.0 Å². The standard InChI is InChI=1S/C29H33F3N2O5/c1-18(2)21-9-13-25(24(14-21)29(30,31)32)33-26(35)17-34(16-23-10-6-19(3)38-23)15-20-7-11-22(12-8-20)39-28(4,5)27(36)37/h6-14,18H,15-17H2,1-5H3,(H,33,35)(H,36,37). The SMILES string of the molecule is Cc1ccc(CN(CC(=O)Nc2ccc(C(C)C)cc2C(F)(F)F)Cc2ccc(OC(C)(C)C(=O)O)cc2)o1. The number of amides is 1. The fourth-order valence-corrected chi connectivity index (χ4v) is 3.87. The van der Waals surface area contributed by atoms with Gasteiger partial charge in [-0.25, -0.2) is 4.79 Å². The summed E-state index contributed by atoms with van der Waals surface area (Å²) in [5, 5.41) is 11.7. The molecule has 1 aromatic heterocycles. The predicted molar refractivity (Wildman–Crippen MR) is 141 cm³/mol. The first-order valence-corrected chi connectivity index (χ1v) is 12.4. The highest BCUT2D eigenvalue weighted by atomic mass is 19.4. The van der Waals surface area contributed by atoms with E-state index in [1.165, 1.54) is 19.9 Å². The molecule has 0 saturated heterocycles. The number of aryl methyl sites for hydroxylation is 1. The Labute approximate surface area is 225 Å². The molecule has 0 bridgehead atoms. The van der Waals surface area contributed by atoms with Crippen molar-refractivity contribution in [2.75, 3.05) is 11.9 Å². The number of carboxylic acid groups (broad SMARTS) is 1. The molecule has 0 fully saturated rings. The van der Waals surface area contributed by atoms with E-state index < -0.39 is 29.2 Å². The van der Waals surface area contributed by atoms with Crippen LogP contribution in [-0.2, 0) is 28.9 Å². The van der Waals surface area contributed by atoms with E-state index >= 15 is 0 Å². The van der Waals surface area contributed by atoms with E-state index in [0.29, 0.717) is 22.8 Å². The highest BCUT2D eigenvalue weighted by molar-refractivity contribution is 5.93. The third-order valence-corrected chi connectivity index (χ3v) is 6.05. The van der Waals surface area contributed by atoms with Gasteiger partial charge in [0.1, 0.15) is 17.3 Å². The molecule has 1 amide bonds. The molecule has 210 valence electrons. The Bertz CT molecular complexity index is 1300. The zero-order valence-corrected chi connectivity index (χ0v) is 22.6. The van der Waals surface area contributed by atoms with Crippen molar-refractivity contribution >= 4 is 17.6 Å². The van der Waals surface area contributed by atoms with Gasteiger partial charge in [-0.05, 0) is 74.2 Å². The molecule has 0 saturated carbocycles. The van der Waals surface area contributed by atoms with Crippen molar-refractivity contribution in [3.63, 3.8) is 0 Å².